The summed E-state index contributed by atoms with van der Waals surface area (Å²) in [5, 5.41) is 10.2. The Morgan fingerprint density at radius 1 is 1.13 bits per heavy atom. The third kappa shape index (κ3) is 5.15. The maximum Gasteiger partial charge on any atom is 0.240 e. The zero-order valence-corrected chi connectivity index (χ0v) is 23.7. The van der Waals surface area contributed by atoms with Crippen LogP contribution in [0.25, 0.3) is 16.9 Å². The highest BCUT2D eigenvalue weighted by atomic mass is 32.2. The second-order valence-electron chi connectivity index (χ2n) is 9.72. The van der Waals surface area contributed by atoms with Gasteiger partial charge < -0.3 is 5.32 Å². The van der Waals surface area contributed by atoms with Gasteiger partial charge in [-0.2, -0.15) is 5.10 Å². The van der Waals surface area contributed by atoms with E-state index in [1.54, 1.807) is 28.0 Å². The summed E-state index contributed by atoms with van der Waals surface area (Å²) in [5.41, 5.74) is 5.87. The number of fused-ring (bicyclic) bond motifs is 1. The molecule has 5 rings (SSSR count). The molecule has 4 aromatic rings. The molecule has 196 valence electrons. The van der Waals surface area contributed by atoms with Crippen LogP contribution in [0.3, 0.4) is 0 Å². The van der Waals surface area contributed by atoms with Crippen LogP contribution in [-0.2, 0) is 9.59 Å². The van der Waals surface area contributed by atoms with Crippen LogP contribution in [0.4, 0.5) is 5.82 Å². The molecule has 0 saturated heterocycles. The first-order valence-corrected chi connectivity index (χ1v) is 14.8. The van der Waals surface area contributed by atoms with Crippen LogP contribution in [0.2, 0.25) is 0 Å². The average molecular weight is 545 g/mol. The smallest absolute Gasteiger partial charge is 0.240 e. The first kappa shape index (κ1) is 26.3. The minimum atomic E-state index is -0.173. The lowest BCUT2D eigenvalue weighted by Crippen LogP contribution is -2.44. The van der Waals surface area contributed by atoms with Crippen LogP contribution < -0.4 is 10.2 Å². The van der Waals surface area contributed by atoms with E-state index in [9.17, 15) is 9.59 Å². The Kier molecular flexibility index (Phi) is 7.72. The quantitative estimate of drug-likeness (QED) is 0.296. The predicted octanol–water partition coefficient (Wildman–Crippen LogP) is 6.30. The molecule has 1 aliphatic heterocycles. The van der Waals surface area contributed by atoms with E-state index >= 15 is 0 Å². The second-order valence-corrected chi connectivity index (χ2v) is 11.8. The standard InChI is InChI=1S/C30H32N4O2S2/c1-5-21(4)31-25(35)17-33-26(36)18-38-29(24-12-9-15-37-24)27-28(22-10-7-6-8-11-22)32-34(30(27)33)23-14-13-19(2)16-20(23)3/h6-16,21,29H,5,17-18H2,1-4H3,(H,31,35)/t21-,29+/m0/s1. The van der Waals surface area contributed by atoms with Crippen molar-refractivity contribution >= 4 is 40.7 Å². The van der Waals surface area contributed by atoms with Gasteiger partial charge in [0.1, 0.15) is 12.4 Å². The monoisotopic (exact) mass is 544 g/mol. The number of aromatic nitrogens is 2. The van der Waals surface area contributed by atoms with Crippen molar-refractivity contribution in [2.45, 2.75) is 45.4 Å². The summed E-state index contributed by atoms with van der Waals surface area (Å²) in [4.78, 5) is 29.7. The van der Waals surface area contributed by atoms with E-state index in [4.69, 9.17) is 5.10 Å². The SMILES string of the molecule is CC[C@H](C)NC(=O)CN1C(=O)CS[C@H](c2cccs2)c2c(-c3ccccc3)nn(-c3ccc(C)cc3C)c21. The zero-order chi connectivity index (χ0) is 26.8. The number of aryl methyl sites for hydroxylation is 2. The Hall–Kier alpha value is -3.36. The molecular weight excluding hydrogens is 512 g/mol. The molecule has 38 heavy (non-hydrogen) atoms. The molecule has 1 aliphatic rings. The number of benzene rings is 2. The first-order valence-electron chi connectivity index (χ1n) is 12.9. The minimum absolute atomic E-state index is 0.0291. The number of carbonyl (C=O) groups excluding carboxylic acids is 2. The van der Waals surface area contributed by atoms with E-state index in [0.717, 1.165) is 44.9 Å². The van der Waals surface area contributed by atoms with Crippen molar-refractivity contribution in [2.24, 2.45) is 0 Å². The van der Waals surface area contributed by atoms with E-state index in [0.29, 0.717) is 5.82 Å². The fraction of sp³-hybridized carbons (Fsp3) is 0.300. The second kappa shape index (κ2) is 11.2. The molecule has 0 bridgehead atoms. The largest absolute Gasteiger partial charge is 0.352 e. The van der Waals surface area contributed by atoms with Crippen molar-refractivity contribution in [3.63, 3.8) is 0 Å². The molecule has 0 aliphatic carbocycles. The van der Waals surface area contributed by atoms with Crippen LogP contribution in [0, 0.1) is 13.8 Å². The van der Waals surface area contributed by atoms with Crippen LogP contribution in [0.15, 0.2) is 66.0 Å². The Balaban J connectivity index is 1.78. The number of hydrogen-bond acceptors (Lipinski definition) is 5. The molecule has 6 nitrogen and oxygen atoms in total. The summed E-state index contributed by atoms with van der Waals surface area (Å²) in [6.07, 6.45) is 0.819. The van der Waals surface area contributed by atoms with E-state index in [1.807, 2.05) is 48.9 Å². The summed E-state index contributed by atoms with van der Waals surface area (Å²) in [6, 6.07) is 20.5. The molecule has 2 aromatic heterocycles. The maximum atomic E-state index is 13.7. The Labute approximate surface area is 232 Å². The topological polar surface area (TPSA) is 67.2 Å². The van der Waals surface area contributed by atoms with Crippen LogP contribution in [-0.4, -0.2) is 39.9 Å². The summed E-state index contributed by atoms with van der Waals surface area (Å²) < 4.78 is 1.88. The fourth-order valence-corrected chi connectivity index (χ4v) is 6.95. The summed E-state index contributed by atoms with van der Waals surface area (Å²) in [5.74, 6) is 0.672. The third-order valence-electron chi connectivity index (χ3n) is 6.84. The molecule has 0 fully saturated rings. The van der Waals surface area contributed by atoms with Crippen LogP contribution in [0.1, 0.15) is 47.1 Å². The lowest BCUT2D eigenvalue weighted by Gasteiger charge is -2.24. The molecule has 1 N–H and O–H groups in total. The van der Waals surface area contributed by atoms with Crippen LogP contribution >= 0.6 is 23.1 Å². The van der Waals surface area contributed by atoms with Gasteiger partial charge in [-0.3, -0.25) is 14.5 Å². The molecule has 0 saturated carbocycles. The number of anilines is 1. The van der Waals surface area contributed by atoms with E-state index < -0.39 is 0 Å². The van der Waals surface area contributed by atoms with Crippen LogP contribution in [0.5, 0.6) is 0 Å². The normalized spacial score (nSPS) is 16.2. The van der Waals surface area contributed by atoms with Gasteiger partial charge in [-0.1, -0.05) is 61.0 Å². The number of nitrogens with one attached hydrogen (secondary N) is 1. The molecule has 2 amide bonds. The molecule has 0 spiro atoms. The van der Waals surface area contributed by atoms with Gasteiger partial charge in [0.2, 0.25) is 11.8 Å². The molecular formula is C30H32N4O2S2. The molecule has 8 heteroatoms. The molecule has 2 aromatic carbocycles. The number of thiophene rings is 1. The highest BCUT2D eigenvalue weighted by Crippen LogP contribution is 2.49. The van der Waals surface area contributed by atoms with Crippen molar-refractivity contribution in [1.82, 2.24) is 15.1 Å². The van der Waals surface area contributed by atoms with E-state index in [-0.39, 0.29) is 35.4 Å². The van der Waals surface area contributed by atoms with Gasteiger partial charge in [0.05, 0.1) is 22.4 Å². The molecule has 2 atom stereocenters. The fourth-order valence-electron chi connectivity index (χ4n) is 4.77. The van der Waals surface area contributed by atoms with Crippen molar-refractivity contribution in [3.05, 3.63) is 87.6 Å². The number of rotatable bonds is 7. The number of carbonyl (C=O) groups is 2. The minimum Gasteiger partial charge on any atom is -0.352 e. The van der Waals surface area contributed by atoms with Gasteiger partial charge in [0, 0.05) is 22.0 Å². The highest BCUT2D eigenvalue weighted by Gasteiger charge is 2.38. The number of hydrogen-bond donors (Lipinski definition) is 1. The number of nitrogens with zero attached hydrogens (tertiary/aromatic N) is 3. The average Bonchev–Trinajstić information content (AvgIpc) is 3.54. The first-order chi connectivity index (χ1) is 18.4. The van der Waals surface area contributed by atoms with Gasteiger partial charge in [-0.05, 0) is 50.3 Å². The lowest BCUT2D eigenvalue weighted by molar-refractivity contribution is -0.123. The van der Waals surface area contributed by atoms with Gasteiger partial charge >= 0.3 is 0 Å². The van der Waals surface area contributed by atoms with Crippen molar-refractivity contribution in [2.75, 3.05) is 17.2 Å². The third-order valence-corrected chi connectivity index (χ3v) is 9.16. The van der Waals surface area contributed by atoms with E-state index in [1.165, 1.54) is 0 Å². The maximum absolute atomic E-state index is 13.7. The number of thioether (sulfide) groups is 1. The van der Waals surface area contributed by atoms with Crippen molar-refractivity contribution < 1.29 is 9.59 Å². The van der Waals surface area contributed by atoms with Gasteiger partial charge in [0.15, 0.2) is 0 Å². The van der Waals surface area contributed by atoms with Gasteiger partial charge in [-0.25, -0.2) is 4.68 Å². The summed E-state index contributed by atoms with van der Waals surface area (Å²) >= 11 is 3.28. The zero-order valence-electron chi connectivity index (χ0n) is 22.1. The predicted molar refractivity (Wildman–Crippen MR) is 157 cm³/mol. The molecule has 3 heterocycles. The molecule has 0 unspecified atom stereocenters. The summed E-state index contributed by atoms with van der Waals surface area (Å²) in [7, 11) is 0. The number of amides is 2. The lowest BCUT2D eigenvalue weighted by atomic mass is 10.0. The summed E-state index contributed by atoms with van der Waals surface area (Å²) in [6.45, 7) is 8.07. The molecule has 0 radical (unpaired) electrons. The van der Waals surface area contributed by atoms with Gasteiger partial charge in [-0.15, -0.1) is 23.1 Å². The van der Waals surface area contributed by atoms with Gasteiger partial charge in [0.25, 0.3) is 0 Å². The Bertz CT molecular complexity index is 1450. The Morgan fingerprint density at radius 3 is 2.61 bits per heavy atom. The van der Waals surface area contributed by atoms with E-state index in [2.05, 4.69) is 54.9 Å². The highest BCUT2D eigenvalue weighted by molar-refractivity contribution is 8.00. The van der Waals surface area contributed by atoms with Crippen molar-refractivity contribution in [3.8, 4) is 16.9 Å². The Morgan fingerprint density at radius 2 is 1.92 bits per heavy atom. The van der Waals surface area contributed by atoms with Crippen molar-refractivity contribution in [1.29, 1.82) is 0 Å².